The third-order valence-corrected chi connectivity index (χ3v) is 3.51. The number of unbranched alkanes of at least 4 members (excludes halogenated alkanes) is 2. The van der Waals surface area contributed by atoms with Crippen LogP contribution in [-0.4, -0.2) is 0 Å². The van der Waals surface area contributed by atoms with Gasteiger partial charge in [-0.3, -0.25) is 0 Å². The summed E-state index contributed by atoms with van der Waals surface area (Å²) in [6.45, 7) is 3.95. The molecule has 2 rings (SSSR count). The van der Waals surface area contributed by atoms with Crippen molar-refractivity contribution in [3.8, 4) is 11.1 Å². The summed E-state index contributed by atoms with van der Waals surface area (Å²) in [4.78, 5) is 0. The van der Waals surface area contributed by atoms with Crippen molar-refractivity contribution in [1.82, 2.24) is 0 Å². The van der Waals surface area contributed by atoms with E-state index in [0.717, 1.165) is 17.5 Å². The Hall–Kier alpha value is -1.70. The van der Waals surface area contributed by atoms with Crippen molar-refractivity contribution in [1.29, 1.82) is 0 Å². The zero-order valence-corrected chi connectivity index (χ0v) is 12.0. The molecule has 0 amide bonds. The Bertz CT molecular complexity index is 571. The molecule has 106 valence electrons. The van der Waals surface area contributed by atoms with E-state index < -0.39 is 11.6 Å². The van der Waals surface area contributed by atoms with Crippen molar-refractivity contribution >= 4 is 0 Å². The van der Waals surface area contributed by atoms with Gasteiger partial charge in [-0.2, -0.15) is 0 Å². The van der Waals surface area contributed by atoms with Gasteiger partial charge in [-0.15, -0.1) is 0 Å². The quantitative estimate of drug-likeness (QED) is 0.616. The fourth-order valence-corrected chi connectivity index (χ4v) is 2.36. The third kappa shape index (κ3) is 3.44. The van der Waals surface area contributed by atoms with Crippen LogP contribution in [0.25, 0.3) is 11.1 Å². The number of halogens is 2. The van der Waals surface area contributed by atoms with Crippen LogP contribution >= 0.6 is 0 Å². The van der Waals surface area contributed by atoms with Gasteiger partial charge in [0.1, 0.15) is 0 Å². The molecule has 0 spiro atoms. The minimum absolute atomic E-state index is 0.336. The minimum Gasteiger partial charge on any atom is -0.204 e. The molecule has 0 aliphatic carbocycles. The highest BCUT2D eigenvalue weighted by Crippen LogP contribution is 2.26. The van der Waals surface area contributed by atoms with E-state index in [1.54, 1.807) is 13.0 Å². The van der Waals surface area contributed by atoms with E-state index >= 15 is 0 Å². The molecule has 0 aromatic heterocycles. The van der Waals surface area contributed by atoms with E-state index in [2.05, 4.69) is 6.92 Å². The van der Waals surface area contributed by atoms with Gasteiger partial charge in [0.05, 0.1) is 0 Å². The lowest BCUT2D eigenvalue weighted by Gasteiger charge is -2.07. The lowest BCUT2D eigenvalue weighted by atomic mass is 9.99. The van der Waals surface area contributed by atoms with Gasteiger partial charge in [0.25, 0.3) is 0 Å². The topological polar surface area (TPSA) is 0 Å². The standard InChI is InChI=1S/C18H20F2/c1-3-4-5-6-14-7-9-15(10-8-14)16-11-13(2)12-17(19)18(16)20/h7-12H,3-6H2,1-2H3. The van der Waals surface area contributed by atoms with Gasteiger partial charge in [0, 0.05) is 5.56 Å². The van der Waals surface area contributed by atoms with Crippen molar-refractivity contribution in [2.24, 2.45) is 0 Å². The number of hydrogen-bond acceptors (Lipinski definition) is 0. The van der Waals surface area contributed by atoms with Gasteiger partial charge in [-0.25, -0.2) is 8.78 Å². The lowest BCUT2D eigenvalue weighted by Crippen LogP contribution is -1.92. The molecule has 0 N–H and O–H groups in total. The van der Waals surface area contributed by atoms with Crippen LogP contribution in [0.1, 0.15) is 37.3 Å². The third-order valence-electron chi connectivity index (χ3n) is 3.51. The molecule has 0 unspecified atom stereocenters. The molecule has 0 radical (unpaired) electrons. The number of benzene rings is 2. The molecule has 0 bridgehead atoms. The summed E-state index contributed by atoms with van der Waals surface area (Å²) in [5.74, 6) is -1.55. The first-order valence-corrected chi connectivity index (χ1v) is 7.16. The first-order valence-electron chi connectivity index (χ1n) is 7.16. The second-order valence-electron chi connectivity index (χ2n) is 5.26. The van der Waals surface area contributed by atoms with Crippen LogP contribution in [0.15, 0.2) is 36.4 Å². The molecule has 0 heterocycles. The van der Waals surface area contributed by atoms with Gasteiger partial charge in [-0.05, 0) is 48.6 Å². The van der Waals surface area contributed by atoms with Crippen molar-refractivity contribution in [2.45, 2.75) is 39.5 Å². The van der Waals surface area contributed by atoms with Gasteiger partial charge < -0.3 is 0 Å². The van der Waals surface area contributed by atoms with E-state index in [1.165, 1.54) is 30.9 Å². The Balaban J connectivity index is 2.22. The van der Waals surface area contributed by atoms with Crippen molar-refractivity contribution in [3.63, 3.8) is 0 Å². The molecule has 2 heteroatoms. The van der Waals surface area contributed by atoms with Crippen LogP contribution in [-0.2, 0) is 6.42 Å². The molecule has 0 fully saturated rings. The SMILES string of the molecule is CCCCCc1ccc(-c2cc(C)cc(F)c2F)cc1. The predicted octanol–water partition coefficient (Wildman–Crippen LogP) is 5.67. The largest absolute Gasteiger partial charge is 0.204 e. The molecule has 0 aliphatic heterocycles. The second-order valence-corrected chi connectivity index (χ2v) is 5.26. The highest BCUT2D eigenvalue weighted by Gasteiger charge is 2.11. The average Bonchev–Trinajstić information content (AvgIpc) is 2.44. The van der Waals surface area contributed by atoms with E-state index in [-0.39, 0.29) is 0 Å². The average molecular weight is 274 g/mol. The number of rotatable bonds is 5. The van der Waals surface area contributed by atoms with Crippen LogP contribution < -0.4 is 0 Å². The highest BCUT2D eigenvalue weighted by molar-refractivity contribution is 5.65. The van der Waals surface area contributed by atoms with Crippen LogP contribution in [0.3, 0.4) is 0 Å². The molecule has 0 aliphatic rings. The Morgan fingerprint density at radius 1 is 0.950 bits per heavy atom. The summed E-state index contributed by atoms with van der Waals surface area (Å²) in [6.07, 6.45) is 4.63. The highest BCUT2D eigenvalue weighted by atomic mass is 19.2. The number of aryl methyl sites for hydroxylation is 2. The van der Waals surface area contributed by atoms with Gasteiger partial charge >= 0.3 is 0 Å². The Morgan fingerprint density at radius 3 is 2.30 bits per heavy atom. The fraction of sp³-hybridized carbons (Fsp3) is 0.333. The zero-order valence-electron chi connectivity index (χ0n) is 12.0. The summed E-state index contributed by atoms with van der Waals surface area (Å²) in [6, 6.07) is 10.7. The summed E-state index contributed by atoms with van der Waals surface area (Å²) < 4.78 is 27.3. The Morgan fingerprint density at radius 2 is 1.65 bits per heavy atom. The zero-order chi connectivity index (χ0) is 14.5. The monoisotopic (exact) mass is 274 g/mol. The van der Waals surface area contributed by atoms with Crippen molar-refractivity contribution < 1.29 is 8.78 Å². The molecular weight excluding hydrogens is 254 g/mol. The summed E-state index contributed by atoms with van der Waals surface area (Å²) in [5.41, 5.74) is 3.04. The smallest absolute Gasteiger partial charge is 0.166 e. The minimum atomic E-state index is -0.785. The van der Waals surface area contributed by atoms with E-state index in [9.17, 15) is 8.78 Å². The Kier molecular flexibility index (Phi) is 4.89. The first-order chi connectivity index (χ1) is 9.61. The molecule has 0 atom stereocenters. The van der Waals surface area contributed by atoms with Crippen molar-refractivity contribution in [2.75, 3.05) is 0 Å². The first kappa shape index (κ1) is 14.7. The maximum Gasteiger partial charge on any atom is 0.166 e. The molecule has 2 aromatic rings. The van der Waals surface area contributed by atoms with E-state index in [1.807, 2.05) is 24.3 Å². The summed E-state index contributed by atoms with van der Waals surface area (Å²) in [5, 5.41) is 0. The fourth-order valence-electron chi connectivity index (χ4n) is 2.36. The van der Waals surface area contributed by atoms with E-state index in [4.69, 9.17) is 0 Å². The van der Waals surface area contributed by atoms with Gasteiger partial charge in [0.2, 0.25) is 0 Å². The van der Waals surface area contributed by atoms with Crippen LogP contribution in [0.4, 0.5) is 8.78 Å². The second kappa shape index (κ2) is 6.65. The maximum absolute atomic E-state index is 13.8. The Labute approximate surface area is 119 Å². The normalized spacial score (nSPS) is 10.8. The van der Waals surface area contributed by atoms with Gasteiger partial charge in [0.15, 0.2) is 11.6 Å². The maximum atomic E-state index is 13.8. The molecule has 20 heavy (non-hydrogen) atoms. The van der Waals surface area contributed by atoms with Crippen LogP contribution in [0, 0.1) is 18.6 Å². The summed E-state index contributed by atoms with van der Waals surface area (Å²) in [7, 11) is 0. The molecule has 0 saturated carbocycles. The predicted molar refractivity (Wildman–Crippen MR) is 79.8 cm³/mol. The van der Waals surface area contributed by atoms with Crippen LogP contribution in [0.5, 0.6) is 0 Å². The lowest BCUT2D eigenvalue weighted by molar-refractivity contribution is 0.510. The molecular formula is C18H20F2. The van der Waals surface area contributed by atoms with Crippen molar-refractivity contribution in [3.05, 3.63) is 59.2 Å². The van der Waals surface area contributed by atoms with Gasteiger partial charge in [-0.1, -0.05) is 44.0 Å². The molecule has 0 saturated heterocycles. The van der Waals surface area contributed by atoms with Crippen LogP contribution in [0.2, 0.25) is 0 Å². The number of hydrogen-bond donors (Lipinski definition) is 0. The van der Waals surface area contributed by atoms with E-state index in [0.29, 0.717) is 5.56 Å². The summed E-state index contributed by atoms with van der Waals surface area (Å²) >= 11 is 0. The molecule has 2 aromatic carbocycles. The molecule has 0 nitrogen and oxygen atoms in total.